The number of carbonyl (C=O) groups excluding carboxylic acids is 1. The topological polar surface area (TPSA) is 85.2 Å². The molecular formula is C23H32N6O2Si. The van der Waals surface area contributed by atoms with Crippen LogP contribution in [0.1, 0.15) is 13.3 Å². The van der Waals surface area contributed by atoms with Gasteiger partial charge in [-0.1, -0.05) is 19.6 Å². The van der Waals surface area contributed by atoms with Crippen LogP contribution in [0.4, 0.5) is 5.82 Å². The molecule has 0 aromatic carbocycles. The number of hydrogen-bond acceptors (Lipinski definition) is 6. The van der Waals surface area contributed by atoms with Crippen molar-refractivity contribution >= 4 is 31.0 Å². The first-order valence-corrected chi connectivity index (χ1v) is 14.9. The van der Waals surface area contributed by atoms with Crippen LogP contribution < -0.4 is 5.32 Å². The van der Waals surface area contributed by atoms with Crippen LogP contribution in [0.5, 0.6) is 0 Å². The highest BCUT2D eigenvalue weighted by Crippen LogP contribution is 2.27. The van der Waals surface area contributed by atoms with Crippen molar-refractivity contribution in [1.29, 1.82) is 0 Å². The monoisotopic (exact) mass is 452 g/mol. The Morgan fingerprint density at radius 1 is 1.28 bits per heavy atom. The number of carbonyl (C=O) groups is 1. The first kappa shape index (κ1) is 22.4. The fourth-order valence-corrected chi connectivity index (χ4v) is 4.58. The summed E-state index contributed by atoms with van der Waals surface area (Å²) in [6.07, 6.45) is 6.43. The zero-order valence-corrected chi connectivity index (χ0v) is 20.3. The predicted molar refractivity (Wildman–Crippen MR) is 129 cm³/mol. The van der Waals surface area contributed by atoms with Gasteiger partial charge in [-0.25, -0.2) is 15.0 Å². The molecule has 0 saturated carbocycles. The zero-order valence-electron chi connectivity index (χ0n) is 19.3. The van der Waals surface area contributed by atoms with Crippen molar-refractivity contribution in [2.75, 3.05) is 25.0 Å². The van der Waals surface area contributed by atoms with Gasteiger partial charge in [0, 0.05) is 58.7 Å². The second-order valence-corrected chi connectivity index (χ2v) is 15.2. The number of likely N-dealkylation sites (tertiary alicyclic amines) is 1. The molecule has 1 amide bonds. The van der Waals surface area contributed by atoms with Gasteiger partial charge in [-0.05, 0) is 30.7 Å². The van der Waals surface area contributed by atoms with Crippen molar-refractivity contribution in [2.24, 2.45) is 0 Å². The molecule has 32 heavy (non-hydrogen) atoms. The summed E-state index contributed by atoms with van der Waals surface area (Å²) in [5, 5.41) is 3.50. The van der Waals surface area contributed by atoms with Crippen molar-refractivity contribution < 1.29 is 9.53 Å². The SMILES string of the molecule is CC(=O)N1CC[C@@H](Nc2ncccc2-c2cnc3c(ccn3COCC[Si](C)(C)C)n2)C1. The summed E-state index contributed by atoms with van der Waals surface area (Å²) in [6.45, 7) is 11.4. The minimum atomic E-state index is -1.10. The third-order valence-corrected chi connectivity index (χ3v) is 7.45. The molecule has 0 spiro atoms. The third-order valence-electron chi connectivity index (χ3n) is 5.75. The molecule has 0 radical (unpaired) electrons. The van der Waals surface area contributed by atoms with Gasteiger partial charge in [-0.3, -0.25) is 4.79 Å². The van der Waals surface area contributed by atoms with Crippen molar-refractivity contribution in [3.63, 3.8) is 0 Å². The summed E-state index contributed by atoms with van der Waals surface area (Å²) < 4.78 is 7.87. The van der Waals surface area contributed by atoms with Gasteiger partial charge in [0.05, 0.1) is 11.9 Å². The fraction of sp³-hybridized carbons (Fsp3) is 0.478. The Hall–Kier alpha value is -2.78. The summed E-state index contributed by atoms with van der Waals surface area (Å²) in [5.41, 5.74) is 3.32. The highest BCUT2D eigenvalue weighted by molar-refractivity contribution is 6.76. The molecule has 8 nitrogen and oxygen atoms in total. The smallest absolute Gasteiger partial charge is 0.219 e. The number of aromatic nitrogens is 4. The number of anilines is 1. The molecule has 9 heteroatoms. The molecule has 1 saturated heterocycles. The maximum Gasteiger partial charge on any atom is 0.219 e. The van der Waals surface area contributed by atoms with Crippen molar-refractivity contribution in [1.82, 2.24) is 24.4 Å². The minimum absolute atomic E-state index is 0.112. The minimum Gasteiger partial charge on any atom is -0.365 e. The molecule has 1 N–H and O–H groups in total. The van der Waals surface area contributed by atoms with E-state index in [1.54, 1.807) is 19.3 Å². The van der Waals surface area contributed by atoms with Crippen LogP contribution in [0.25, 0.3) is 22.4 Å². The lowest BCUT2D eigenvalue weighted by Gasteiger charge is -2.17. The molecule has 1 aliphatic rings. The molecule has 1 fully saturated rings. The number of pyridine rings is 1. The molecule has 0 bridgehead atoms. The van der Waals surface area contributed by atoms with Gasteiger partial charge < -0.3 is 19.5 Å². The maximum atomic E-state index is 11.6. The summed E-state index contributed by atoms with van der Waals surface area (Å²) in [5.74, 6) is 0.881. The highest BCUT2D eigenvalue weighted by Gasteiger charge is 2.25. The van der Waals surface area contributed by atoms with Gasteiger partial charge in [0.15, 0.2) is 5.65 Å². The lowest BCUT2D eigenvalue weighted by molar-refractivity contribution is -0.127. The average molecular weight is 453 g/mol. The summed E-state index contributed by atoms with van der Waals surface area (Å²) in [6, 6.07) is 7.20. The van der Waals surface area contributed by atoms with E-state index in [1.165, 1.54) is 0 Å². The summed E-state index contributed by atoms with van der Waals surface area (Å²) in [4.78, 5) is 27.6. The number of ether oxygens (including phenoxy) is 1. The highest BCUT2D eigenvalue weighted by atomic mass is 28.3. The standard InChI is InChI=1S/C23H32N6O2Si/c1-17(30)28-10-7-18(15-28)26-22-19(6-5-9-24-22)21-14-25-23-20(27-21)8-11-29(23)16-31-12-13-32(2,3)4/h5-6,8-9,11,14,18H,7,10,12-13,15-16H2,1-4H3,(H,24,26)/t18-/m1/s1. The van der Waals surface area contributed by atoms with Gasteiger partial charge in [-0.15, -0.1) is 0 Å². The molecule has 3 aromatic rings. The Kier molecular flexibility index (Phi) is 6.57. The van der Waals surface area contributed by atoms with Gasteiger partial charge >= 0.3 is 0 Å². The molecule has 4 heterocycles. The summed E-state index contributed by atoms with van der Waals surface area (Å²) in [7, 11) is -1.10. The summed E-state index contributed by atoms with van der Waals surface area (Å²) >= 11 is 0. The molecule has 1 aliphatic heterocycles. The molecule has 0 unspecified atom stereocenters. The fourth-order valence-electron chi connectivity index (χ4n) is 3.82. The van der Waals surface area contributed by atoms with E-state index >= 15 is 0 Å². The Balaban J connectivity index is 1.48. The van der Waals surface area contributed by atoms with Crippen LogP contribution in [-0.2, 0) is 16.3 Å². The second kappa shape index (κ2) is 9.38. The maximum absolute atomic E-state index is 11.6. The first-order chi connectivity index (χ1) is 15.3. The number of rotatable bonds is 8. The van der Waals surface area contributed by atoms with E-state index in [0.29, 0.717) is 13.3 Å². The van der Waals surface area contributed by atoms with Gasteiger partial charge in [0.1, 0.15) is 18.1 Å². The number of fused-ring (bicyclic) bond motifs is 1. The largest absolute Gasteiger partial charge is 0.365 e. The Morgan fingerprint density at radius 3 is 2.88 bits per heavy atom. The molecule has 3 aromatic heterocycles. The quantitative estimate of drug-likeness (QED) is 0.413. The number of hydrogen-bond donors (Lipinski definition) is 1. The number of nitrogens with zero attached hydrogens (tertiary/aromatic N) is 5. The number of amides is 1. The van der Waals surface area contributed by atoms with Crippen LogP contribution >= 0.6 is 0 Å². The van der Waals surface area contributed by atoms with Crippen LogP contribution in [0.2, 0.25) is 25.7 Å². The number of nitrogens with one attached hydrogen (secondary N) is 1. The van der Waals surface area contributed by atoms with E-state index < -0.39 is 8.07 Å². The zero-order chi connectivity index (χ0) is 22.7. The van der Waals surface area contributed by atoms with Crippen LogP contribution in [0, 0.1) is 0 Å². The van der Waals surface area contributed by atoms with Crippen molar-refractivity contribution in [3.8, 4) is 11.3 Å². The van der Waals surface area contributed by atoms with Gasteiger partial charge in [-0.2, -0.15) is 0 Å². The second-order valence-electron chi connectivity index (χ2n) is 9.59. The van der Waals surface area contributed by atoms with Crippen molar-refractivity contribution in [2.45, 2.75) is 51.8 Å². The van der Waals surface area contributed by atoms with E-state index in [4.69, 9.17) is 9.72 Å². The third kappa shape index (κ3) is 5.33. The molecule has 4 rings (SSSR count). The van der Waals surface area contributed by atoms with E-state index in [2.05, 4.69) is 34.9 Å². The predicted octanol–water partition coefficient (Wildman–Crippen LogP) is 3.84. The Bertz CT molecular complexity index is 1090. The first-order valence-electron chi connectivity index (χ1n) is 11.2. The van der Waals surface area contributed by atoms with Gasteiger partial charge in [0.25, 0.3) is 0 Å². The van der Waals surface area contributed by atoms with Crippen molar-refractivity contribution in [3.05, 3.63) is 36.8 Å². The molecular weight excluding hydrogens is 420 g/mol. The van der Waals surface area contributed by atoms with E-state index in [9.17, 15) is 4.79 Å². The van der Waals surface area contributed by atoms with E-state index in [1.807, 2.05) is 33.9 Å². The average Bonchev–Trinajstić information content (AvgIpc) is 3.38. The lowest BCUT2D eigenvalue weighted by Crippen LogP contribution is -2.29. The van der Waals surface area contributed by atoms with Gasteiger partial charge in [0.2, 0.25) is 5.91 Å². The van der Waals surface area contributed by atoms with Crippen LogP contribution in [0.15, 0.2) is 36.8 Å². The van der Waals surface area contributed by atoms with E-state index in [0.717, 1.165) is 53.9 Å². The molecule has 0 aliphatic carbocycles. The molecule has 170 valence electrons. The lowest BCUT2D eigenvalue weighted by atomic mass is 10.1. The molecule has 1 atom stereocenters. The Labute approximate surface area is 190 Å². The normalized spacial score (nSPS) is 16.6. The van der Waals surface area contributed by atoms with Crippen LogP contribution in [0.3, 0.4) is 0 Å². The Morgan fingerprint density at radius 2 is 2.12 bits per heavy atom. The van der Waals surface area contributed by atoms with E-state index in [-0.39, 0.29) is 11.9 Å². The van der Waals surface area contributed by atoms with Crippen LogP contribution in [-0.4, -0.2) is 64.1 Å².